The molecule has 0 radical (unpaired) electrons. The fourth-order valence-electron chi connectivity index (χ4n) is 5.21. The molecule has 2 aliphatic heterocycles. The van der Waals surface area contributed by atoms with Gasteiger partial charge in [0.25, 0.3) is 11.7 Å². The maximum absolute atomic E-state index is 13.4. The van der Waals surface area contributed by atoms with E-state index >= 15 is 0 Å². The first-order chi connectivity index (χ1) is 19.6. The first-order valence-electron chi connectivity index (χ1n) is 13.6. The van der Waals surface area contributed by atoms with Crippen molar-refractivity contribution in [3.63, 3.8) is 0 Å². The number of Topliss-reactive ketones (excluding diaryl/α,β-unsaturated/α-hetero) is 1. The van der Waals surface area contributed by atoms with Gasteiger partial charge in [-0.3, -0.25) is 14.5 Å². The van der Waals surface area contributed by atoms with E-state index in [1.54, 1.807) is 48.4 Å². The fourth-order valence-corrected chi connectivity index (χ4v) is 5.21. The third-order valence-electron chi connectivity index (χ3n) is 7.30. The van der Waals surface area contributed by atoms with Crippen LogP contribution in [0.3, 0.4) is 0 Å². The van der Waals surface area contributed by atoms with Gasteiger partial charge in [0.2, 0.25) is 0 Å². The number of benzene rings is 3. The van der Waals surface area contributed by atoms with E-state index in [9.17, 15) is 14.7 Å². The van der Waals surface area contributed by atoms with E-state index in [2.05, 4.69) is 4.90 Å². The molecular formula is C32H34N2O6. The predicted octanol–water partition coefficient (Wildman–Crippen LogP) is 4.42. The van der Waals surface area contributed by atoms with Crippen molar-refractivity contribution >= 4 is 17.4 Å². The van der Waals surface area contributed by atoms with Gasteiger partial charge in [0.1, 0.15) is 12.4 Å². The average Bonchev–Trinajstić information content (AvgIpc) is 3.26. The number of aliphatic hydroxyl groups is 1. The van der Waals surface area contributed by atoms with Crippen molar-refractivity contribution in [3.8, 4) is 11.5 Å². The maximum atomic E-state index is 13.4. The zero-order valence-electron chi connectivity index (χ0n) is 22.6. The molecule has 0 saturated carbocycles. The van der Waals surface area contributed by atoms with Gasteiger partial charge < -0.3 is 24.2 Å². The number of morpholine rings is 1. The minimum Gasteiger partial charge on any atom is -0.507 e. The number of ketones is 1. The molecule has 3 aromatic carbocycles. The van der Waals surface area contributed by atoms with Crippen LogP contribution in [0.2, 0.25) is 0 Å². The second-order valence-electron chi connectivity index (χ2n) is 9.85. The van der Waals surface area contributed by atoms with Crippen LogP contribution in [0, 0.1) is 0 Å². The number of carbonyl (C=O) groups is 2. The number of nitrogens with zero attached hydrogens (tertiary/aromatic N) is 2. The number of rotatable bonds is 10. The Morgan fingerprint density at radius 1 is 0.925 bits per heavy atom. The number of ether oxygens (including phenoxy) is 3. The van der Waals surface area contributed by atoms with Crippen molar-refractivity contribution in [2.45, 2.75) is 19.1 Å². The molecule has 1 N–H and O–H groups in total. The second-order valence-corrected chi connectivity index (χ2v) is 9.85. The highest BCUT2D eigenvalue weighted by atomic mass is 16.5. The molecule has 1 amide bonds. The summed E-state index contributed by atoms with van der Waals surface area (Å²) in [6.45, 7) is 4.60. The summed E-state index contributed by atoms with van der Waals surface area (Å²) in [5.41, 5.74) is 2.23. The van der Waals surface area contributed by atoms with Crippen LogP contribution in [0.15, 0.2) is 84.4 Å². The van der Waals surface area contributed by atoms with Crippen molar-refractivity contribution in [1.29, 1.82) is 0 Å². The SMILES string of the molecule is COc1cc(C2C(=C(O)c3ccccc3)C(=O)C(=O)N2CCCN2CCOCC2)ccc1OCc1ccccc1. The molecule has 0 aliphatic carbocycles. The summed E-state index contributed by atoms with van der Waals surface area (Å²) in [6, 6.07) is 23.3. The zero-order chi connectivity index (χ0) is 27.9. The Hall–Kier alpha value is -4.14. The Morgan fingerprint density at radius 3 is 2.33 bits per heavy atom. The van der Waals surface area contributed by atoms with Gasteiger partial charge in [-0.05, 0) is 29.7 Å². The molecule has 1 unspecified atom stereocenters. The number of hydrogen-bond donors (Lipinski definition) is 1. The molecule has 8 heteroatoms. The van der Waals surface area contributed by atoms with Crippen LogP contribution in [-0.4, -0.2) is 73.1 Å². The second kappa shape index (κ2) is 12.8. The van der Waals surface area contributed by atoms with Crippen LogP contribution in [0.4, 0.5) is 0 Å². The van der Waals surface area contributed by atoms with E-state index in [1.807, 2.05) is 42.5 Å². The van der Waals surface area contributed by atoms with Crippen LogP contribution in [0.5, 0.6) is 11.5 Å². The van der Waals surface area contributed by atoms with Gasteiger partial charge in [0, 0.05) is 31.7 Å². The van der Waals surface area contributed by atoms with Gasteiger partial charge in [-0.1, -0.05) is 66.7 Å². The van der Waals surface area contributed by atoms with Crippen molar-refractivity contribution in [3.05, 3.63) is 101 Å². The van der Waals surface area contributed by atoms with Crippen molar-refractivity contribution in [2.24, 2.45) is 0 Å². The van der Waals surface area contributed by atoms with Gasteiger partial charge in [0.15, 0.2) is 11.5 Å². The summed E-state index contributed by atoms with van der Waals surface area (Å²) in [5.74, 6) is -0.480. The summed E-state index contributed by atoms with van der Waals surface area (Å²) in [7, 11) is 1.55. The van der Waals surface area contributed by atoms with Crippen molar-refractivity contribution in [2.75, 3.05) is 46.5 Å². The molecule has 2 heterocycles. The van der Waals surface area contributed by atoms with E-state index in [1.165, 1.54) is 0 Å². The van der Waals surface area contributed by atoms with E-state index < -0.39 is 17.7 Å². The normalized spacial score (nSPS) is 19.1. The molecule has 2 fully saturated rings. The first kappa shape index (κ1) is 27.4. The smallest absolute Gasteiger partial charge is 0.295 e. The summed E-state index contributed by atoms with van der Waals surface area (Å²) < 4.78 is 17.1. The topological polar surface area (TPSA) is 88.5 Å². The fraction of sp³-hybridized carbons (Fsp3) is 0.312. The lowest BCUT2D eigenvalue weighted by Crippen LogP contribution is -2.39. The number of carbonyl (C=O) groups excluding carboxylic acids is 2. The van der Waals surface area contributed by atoms with E-state index in [0.717, 1.165) is 25.2 Å². The maximum Gasteiger partial charge on any atom is 0.295 e. The highest BCUT2D eigenvalue weighted by Gasteiger charge is 2.46. The molecular weight excluding hydrogens is 508 g/mol. The van der Waals surface area contributed by atoms with E-state index in [0.29, 0.717) is 55.4 Å². The molecule has 0 aromatic heterocycles. The average molecular weight is 543 g/mol. The van der Waals surface area contributed by atoms with Gasteiger partial charge in [-0.2, -0.15) is 0 Å². The van der Waals surface area contributed by atoms with E-state index in [-0.39, 0.29) is 11.3 Å². The lowest BCUT2D eigenvalue weighted by atomic mass is 9.95. The standard InChI is InChI=1S/C32H34N2O6/c1-38-27-21-25(13-14-26(27)40-22-23-9-4-2-5-10-23)29-28(30(35)24-11-6-3-7-12-24)31(36)32(37)34(29)16-8-15-33-17-19-39-20-18-33/h2-7,9-14,21,29,35H,8,15-20,22H2,1H3. The molecule has 0 bridgehead atoms. The Labute approximate surface area is 234 Å². The van der Waals surface area contributed by atoms with Gasteiger partial charge >= 0.3 is 0 Å². The lowest BCUT2D eigenvalue weighted by Gasteiger charge is -2.29. The molecule has 0 spiro atoms. The number of amides is 1. The summed E-state index contributed by atoms with van der Waals surface area (Å²) in [6.07, 6.45) is 0.685. The van der Waals surface area contributed by atoms with Gasteiger partial charge in [-0.25, -0.2) is 0 Å². The first-order valence-corrected chi connectivity index (χ1v) is 13.6. The van der Waals surface area contributed by atoms with E-state index in [4.69, 9.17) is 14.2 Å². The quantitative estimate of drug-likeness (QED) is 0.231. The molecule has 2 saturated heterocycles. The molecule has 5 rings (SSSR count). The summed E-state index contributed by atoms with van der Waals surface area (Å²) >= 11 is 0. The highest BCUT2D eigenvalue weighted by Crippen LogP contribution is 2.42. The molecule has 40 heavy (non-hydrogen) atoms. The van der Waals surface area contributed by atoms with Gasteiger partial charge in [0.05, 0.1) is 31.9 Å². The number of likely N-dealkylation sites (tertiary alicyclic amines) is 1. The Bertz CT molecular complexity index is 1350. The summed E-state index contributed by atoms with van der Waals surface area (Å²) in [4.78, 5) is 30.6. The largest absolute Gasteiger partial charge is 0.507 e. The van der Waals surface area contributed by atoms with Crippen LogP contribution in [-0.2, 0) is 20.9 Å². The van der Waals surface area contributed by atoms with Crippen molar-refractivity contribution < 1.29 is 28.9 Å². The number of hydrogen-bond acceptors (Lipinski definition) is 7. The summed E-state index contributed by atoms with van der Waals surface area (Å²) in [5, 5.41) is 11.3. The monoisotopic (exact) mass is 542 g/mol. The van der Waals surface area contributed by atoms with Crippen LogP contribution in [0.25, 0.3) is 5.76 Å². The third-order valence-corrected chi connectivity index (χ3v) is 7.30. The Kier molecular flexibility index (Phi) is 8.78. The molecule has 2 aliphatic rings. The minimum absolute atomic E-state index is 0.0718. The molecule has 208 valence electrons. The molecule has 8 nitrogen and oxygen atoms in total. The van der Waals surface area contributed by atoms with Gasteiger partial charge in [-0.15, -0.1) is 0 Å². The van der Waals surface area contributed by atoms with Crippen LogP contribution >= 0.6 is 0 Å². The van der Waals surface area contributed by atoms with Crippen LogP contribution < -0.4 is 9.47 Å². The minimum atomic E-state index is -0.762. The Morgan fingerprint density at radius 2 is 1.62 bits per heavy atom. The number of methoxy groups -OCH3 is 1. The predicted molar refractivity (Wildman–Crippen MR) is 151 cm³/mol. The zero-order valence-corrected chi connectivity index (χ0v) is 22.6. The molecule has 3 aromatic rings. The Balaban J connectivity index is 1.46. The van der Waals surface area contributed by atoms with Crippen molar-refractivity contribution in [1.82, 2.24) is 9.80 Å². The lowest BCUT2D eigenvalue weighted by molar-refractivity contribution is -0.140. The highest BCUT2D eigenvalue weighted by molar-refractivity contribution is 6.46. The number of aliphatic hydroxyl groups excluding tert-OH is 1. The van der Waals surface area contributed by atoms with Crippen LogP contribution in [0.1, 0.15) is 29.2 Å². The molecule has 1 atom stereocenters. The third kappa shape index (κ3) is 6.03.